The predicted octanol–water partition coefficient (Wildman–Crippen LogP) is 2.32. The van der Waals surface area contributed by atoms with Crippen LogP contribution in [0.1, 0.15) is 5.82 Å². The van der Waals surface area contributed by atoms with E-state index in [9.17, 15) is 0 Å². The molecular weight excluding hydrogens is 240 g/mol. The molecule has 96 valence electrons. The number of rotatable bonds is 2. The van der Waals surface area contributed by atoms with Gasteiger partial charge in [-0.15, -0.1) is 0 Å². The first-order valence-electron chi connectivity index (χ1n) is 5.94. The van der Waals surface area contributed by atoms with E-state index in [0.29, 0.717) is 11.4 Å². The molecule has 0 fully saturated rings. The number of hydrogen-bond donors (Lipinski definition) is 1. The number of imidazole rings is 1. The molecule has 5 nitrogen and oxygen atoms in total. The van der Waals surface area contributed by atoms with Gasteiger partial charge in [0.15, 0.2) is 5.65 Å². The molecule has 3 rings (SSSR count). The largest absolute Gasteiger partial charge is 0.495 e. The average Bonchev–Trinajstić information content (AvgIpc) is 2.75. The third kappa shape index (κ3) is 1.79. The molecule has 0 spiro atoms. The zero-order valence-corrected chi connectivity index (χ0v) is 10.8. The molecule has 0 amide bonds. The molecule has 0 unspecified atom stereocenters. The number of anilines is 1. The smallest absolute Gasteiger partial charge is 0.164 e. The van der Waals surface area contributed by atoms with Gasteiger partial charge in [-0.25, -0.2) is 9.97 Å². The first-order valence-corrected chi connectivity index (χ1v) is 5.94. The van der Waals surface area contributed by atoms with Crippen molar-refractivity contribution >= 4 is 16.9 Å². The second kappa shape index (κ2) is 4.28. The van der Waals surface area contributed by atoms with E-state index in [4.69, 9.17) is 10.5 Å². The Morgan fingerprint density at radius 3 is 2.89 bits per heavy atom. The van der Waals surface area contributed by atoms with Crippen molar-refractivity contribution in [3.8, 4) is 11.4 Å². The van der Waals surface area contributed by atoms with Crippen molar-refractivity contribution in [1.29, 1.82) is 0 Å². The molecule has 2 N–H and O–H groups in total. The number of nitrogens with two attached hydrogens (primary N) is 1. The van der Waals surface area contributed by atoms with Crippen molar-refractivity contribution in [2.24, 2.45) is 0 Å². The lowest BCUT2D eigenvalue weighted by atomic mass is 10.2. The van der Waals surface area contributed by atoms with Crippen molar-refractivity contribution in [3.63, 3.8) is 0 Å². The number of nitrogens with zero attached hydrogens (tertiary/aromatic N) is 3. The lowest BCUT2D eigenvalue weighted by Crippen LogP contribution is -2.00. The third-order valence-corrected chi connectivity index (χ3v) is 3.06. The highest BCUT2D eigenvalue weighted by Crippen LogP contribution is 2.27. The quantitative estimate of drug-likeness (QED) is 0.713. The summed E-state index contributed by atoms with van der Waals surface area (Å²) in [6.45, 7) is 1.95. The van der Waals surface area contributed by atoms with Crippen molar-refractivity contribution in [3.05, 3.63) is 42.4 Å². The highest BCUT2D eigenvalue weighted by atomic mass is 16.5. The highest BCUT2D eigenvalue weighted by molar-refractivity contribution is 5.74. The van der Waals surface area contributed by atoms with Gasteiger partial charge in [-0.2, -0.15) is 0 Å². The lowest BCUT2D eigenvalue weighted by Gasteiger charge is -2.10. The standard InChI is InChI=1S/C14H14N4O/c1-9-17-12-4-3-7-16-14(12)18(9)10-5-6-11(15)13(8-10)19-2/h3-8H,15H2,1-2H3. The Balaban J connectivity index is 2.27. The van der Waals surface area contributed by atoms with Crippen molar-refractivity contribution in [2.45, 2.75) is 6.92 Å². The normalized spacial score (nSPS) is 10.8. The maximum Gasteiger partial charge on any atom is 0.164 e. The van der Waals surface area contributed by atoms with Gasteiger partial charge in [-0.1, -0.05) is 0 Å². The average molecular weight is 254 g/mol. The SMILES string of the molecule is COc1cc(-n2c(C)nc3cccnc32)ccc1N. The van der Waals surface area contributed by atoms with Crippen LogP contribution in [0.15, 0.2) is 36.5 Å². The molecule has 19 heavy (non-hydrogen) atoms. The molecule has 0 bridgehead atoms. The van der Waals surface area contributed by atoms with E-state index in [-0.39, 0.29) is 0 Å². The molecule has 0 saturated carbocycles. The molecular formula is C14H14N4O. The molecule has 2 heterocycles. The number of nitrogen functional groups attached to an aromatic ring is 1. The molecule has 2 aromatic heterocycles. The minimum atomic E-state index is 0.612. The third-order valence-electron chi connectivity index (χ3n) is 3.06. The van der Waals surface area contributed by atoms with Crippen LogP contribution in [0.4, 0.5) is 5.69 Å². The Bertz CT molecular complexity index is 748. The monoisotopic (exact) mass is 254 g/mol. The number of fused-ring (bicyclic) bond motifs is 1. The topological polar surface area (TPSA) is 66.0 Å². The second-order valence-electron chi connectivity index (χ2n) is 4.27. The number of ether oxygens (including phenoxy) is 1. The van der Waals surface area contributed by atoms with Crippen LogP contribution in [0.2, 0.25) is 0 Å². The maximum atomic E-state index is 5.84. The highest BCUT2D eigenvalue weighted by Gasteiger charge is 2.11. The molecule has 0 aliphatic carbocycles. The molecule has 0 aliphatic rings. The first kappa shape index (κ1) is 11.5. The van der Waals surface area contributed by atoms with Gasteiger partial charge in [0.2, 0.25) is 0 Å². The van der Waals surface area contributed by atoms with Crippen LogP contribution >= 0.6 is 0 Å². The number of benzene rings is 1. The fourth-order valence-electron chi connectivity index (χ4n) is 2.17. The van der Waals surface area contributed by atoms with E-state index in [2.05, 4.69) is 9.97 Å². The summed E-state index contributed by atoms with van der Waals surface area (Å²) in [6, 6.07) is 9.46. The van der Waals surface area contributed by atoms with E-state index >= 15 is 0 Å². The van der Waals surface area contributed by atoms with E-state index in [1.54, 1.807) is 13.3 Å². The summed E-state index contributed by atoms with van der Waals surface area (Å²) in [7, 11) is 1.60. The van der Waals surface area contributed by atoms with Gasteiger partial charge in [0.05, 0.1) is 18.5 Å². The summed E-state index contributed by atoms with van der Waals surface area (Å²) < 4.78 is 7.24. The number of pyridine rings is 1. The lowest BCUT2D eigenvalue weighted by molar-refractivity contribution is 0.417. The number of methoxy groups -OCH3 is 1. The van der Waals surface area contributed by atoms with Crippen molar-refractivity contribution < 1.29 is 4.74 Å². The van der Waals surface area contributed by atoms with Gasteiger partial charge in [-0.3, -0.25) is 4.57 Å². The number of hydrogen-bond acceptors (Lipinski definition) is 4. The van der Waals surface area contributed by atoms with Gasteiger partial charge >= 0.3 is 0 Å². The molecule has 0 atom stereocenters. The summed E-state index contributed by atoms with van der Waals surface area (Å²) in [5, 5.41) is 0. The minimum absolute atomic E-state index is 0.612. The summed E-state index contributed by atoms with van der Waals surface area (Å²) in [5.74, 6) is 1.52. The Morgan fingerprint density at radius 1 is 1.26 bits per heavy atom. The molecule has 0 aliphatic heterocycles. The van der Waals surface area contributed by atoms with Gasteiger partial charge < -0.3 is 10.5 Å². The maximum absolute atomic E-state index is 5.84. The van der Waals surface area contributed by atoms with Crippen LogP contribution in [-0.4, -0.2) is 21.6 Å². The van der Waals surface area contributed by atoms with E-state index < -0.39 is 0 Å². The summed E-state index contributed by atoms with van der Waals surface area (Å²) in [4.78, 5) is 8.88. The summed E-state index contributed by atoms with van der Waals surface area (Å²) >= 11 is 0. The van der Waals surface area contributed by atoms with Gasteiger partial charge in [0.1, 0.15) is 17.1 Å². The summed E-state index contributed by atoms with van der Waals surface area (Å²) in [6.07, 6.45) is 1.76. The fraction of sp³-hybridized carbons (Fsp3) is 0.143. The van der Waals surface area contributed by atoms with Crippen LogP contribution in [-0.2, 0) is 0 Å². The van der Waals surface area contributed by atoms with E-state index in [0.717, 1.165) is 22.7 Å². The molecule has 1 aromatic carbocycles. The first-order chi connectivity index (χ1) is 9.20. The van der Waals surface area contributed by atoms with Crippen LogP contribution in [0.3, 0.4) is 0 Å². The van der Waals surface area contributed by atoms with Gasteiger partial charge in [-0.05, 0) is 31.2 Å². The van der Waals surface area contributed by atoms with Crippen molar-refractivity contribution in [2.75, 3.05) is 12.8 Å². The van der Waals surface area contributed by atoms with Gasteiger partial charge in [0, 0.05) is 12.3 Å². The van der Waals surface area contributed by atoms with Gasteiger partial charge in [0.25, 0.3) is 0 Å². The molecule has 5 heteroatoms. The zero-order chi connectivity index (χ0) is 13.4. The van der Waals surface area contributed by atoms with E-state index in [1.807, 2.05) is 41.8 Å². The van der Waals surface area contributed by atoms with E-state index in [1.165, 1.54) is 0 Å². The Kier molecular flexibility index (Phi) is 2.59. The Hall–Kier alpha value is -2.56. The zero-order valence-electron chi connectivity index (χ0n) is 10.8. The van der Waals surface area contributed by atoms with Crippen LogP contribution < -0.4 is 10.5 Å². The Labute approximate surface area is 110 Å². The van der Waals surface area contributed by atoms with Crippen LogP contribution in [0.25, 0.3) is 16.9 Å². The molecule has 0 saturated heterocycles. The van der Waals surface area contributed by atoms with Crippen LogP contribution in [0.5, 0.6) is 5.75 Å². The fourth-order valence-corrected chi connectivity index (χ4v) is 2.17. The number of aryl methyl sites for hydroxylation is 1. The predicted molar refractivity (Wildman–Crippen MR) is 74.6 cm³/mol. The molecule has 0 radical (unpaired) electrons. The number of aromatic nitrogens is 3. The second-order valence-corrected chi connectivity index (χ2v) is 4.27. The Morgan fingerprint density at radius 2 is 2.11 bits per heavy atom. The van der Waals surface area contributed by atoms with Crippen LogP contribution in [0, 0.1) is 6.92 Å². The van der Waals surface area contributed by atoms with Crippen molar-refractivity contribution in [1.82, 2.24) is 14.5 Å². The molecule has 3 aromatic rings. The summed E-state index contributed by atoms with van der Waals surface area (Å²) in [5.41, 5.74) is 9.08. The minimum Gasteiger partial charge on any atom is -0.495 e.